The Morgan fingerprint density at radius 1 is 0.600 bits per heavy atom. The van der Waals surface area contributed by atoms with Crippen molar-refractivity contribution < 1.29 is 4.74 Å². The number of unbranched alkanes of at least 4 members (excludes halogenated alkanes) is 7. The van der Waals surface area contributed by atoms with Gasteiger partial charge in [-0.2, -0.15) is 0 Å². The fraction of sp³-hybridized carbons (Fsp3) is 1.00. The van der Waals surface area contributed by atoms with Gasteiger partial charge in [0.1, 0.15) is 0 Å². The molecule has 2 aliphatic carbocycles. The third kappa shape index (κ3) is 8.46. The quantitative estimate of drug-likeness (QED) is 0.325. The average Bonchev–Trinajstić information content (AvgIpc) is 2.65. The molecule has 0 aromatic carbocycles. The molecule has 0 radical (unpaired) electrons. The predicted octanol–water partition coefficient (Wildman–Crippen LogP) is 7.92. The summed E-state index contributed by atoms with van der Waals surface area (Å²) in [6.45, 7) is 5.35. The molecule has 0 heterocycles. The van der Waals surface area contributed by atoms with E-state index in [2.05, 4.69) is 13.8 Å². The molecule has 0 unspecified atom stereocenters. The first-order chi connectivity index (χ1) is 12.3. The summed E-state index contributed by atoms with van der Waals surface area (Å²) in [7, 11) is 0. The van der Waals surface area contributed by atoms with Crippen molar-refractivity contribution in [3.8, 4) is 0 Å². The highest BCUT2D eigenvalue weighted by molar-refractivity contribution is 4.82. The molecular formula is C24H46O. The molecule has 0 bridgehead atoms. The molecule has 2 fully saturated rings. The van der Waals surface area contributed by atoms with Gasteiger partial charge in [0.25, 0.3) is 0 Å². The Bertz CT molecular complexity index is 297. The van der Waals surface area contributed by atoms with Crippen molar-refractivity contribution in [2.24, 2.45) is 17.8 Å². The third-order valence-electron chi connectivity index (χ3n) is 7.15. The molecule has 0 N–H and O–H groups in total. The van der Waals surface area contributed by atoms with E-state index in [1.807, 2.05) is 0 Å². The monoisotopic (exact) mass is 350 g/mol. The Morgan fingerprint density at radius 2 is 1.12 bits per heavy atom. The van der Waals surface area contributed by atoms with E-state index in [0.29, 0.717) is 6.10 Å². The predicted molar refractivity (Wildman–Crippen MR) is 110 cm³/mol. The van der Waals surface area contributed by atoms with Crippen LogP contribution in [0.3, 0.4) is 0 Å². The van der Waals surface area contributed by atoms with E-state index in [0.717, 1.165) is 24.4 Å². The van der Waals surface area contributed by atoms with E-state index in [4.69, 9.17) is 4.74 Å². The second-order valence-electron chi connectivity index (χ2n) is 9.04. The number of rotatable bonds is 12. The van der Waals surface area contributed by atoms with Gasteiger partial charge >= 0.3 is 0 Å². The Hall–Kier alpha value is -0.0400. The fourth-order valence-corrected chi connectivity index (χ4v) is 5.48. The zero-order valence-electron chi connectivity index (χ0n) is 17.4. The topological polar surface area (TPSA) is 9.23 Å². The van der Waals surface area contributed by atoms with Crippen molar-refractivity contribution in [3.63, 3.8) is 0 Å². The number of hydrogen-bond acceptors (Lipinski definition) is 1. The van der Waals surface area contributed by atoms with Crippen LogP contribution in [0.15, 0.2) is 0 Å². The molecule has 0 amide bonds. The molecule has 1 heteroatoms. The summed E-state index contributed by atoms with van der Waals surface area (Å²) in [6.07, 6.45) is 25.5. The van der Waals surface area contributed by atoms with Crippen LogP contribution in [0.1, 0.15) is 123 Å². The molecule has 0 aromatic heterocycles. The van der Waals surface area contributed by atoms with E-state index in [9.17, 15) is 0 Å². The van der Waals surface area contributed by atoms with Gasteiger partial charge in [-0.3, -0.25) is 0 Å². The lowest BCUT2D eigenvalue weighted by Gasteiger charge is -2.37. The maximum atomic E-state index is 5.83. The molecule has 0 saturated heterocycles. The van der Waals surface area contributed by atoms with Crippen LogP contribution < -0.4 is 0 Å². The van der Waals surface area contributed by atoms with E-state index >= 15 is 0 Å². The molecule has 0 atom stereocenters. The Kier molecular flexibility index (Phi) is 11.2. The minimum Gasteiger partial charge on any atom is -0.379 e. The minimum atomic E-state index is 0.583. The van der Waals surface area contributed by atoms with Crippen LogP contribution in [-0.4, -0.2) is 12.7 Å². The second-order valence-corrected chi connectivity index (χ2v) is 9.04. The summed E-state index contributed by atoms with van der Waals surface area (Å²) in [5, 5.41) is 0. The van der Waals surface area contributed by atoms with Crippen LogP contribution in [0, 0.1) is 17.8 Å². The van der Waals surface area contributed by atoms with Gasteiger partial charge in [0.05, 0.1) is 6.10 Å². The molecule has 0 spiro atoms. The molecule has 148 valence electrons. The molecule has 1 nitrogen and oxygen atoms in total. The molecular weight excluding hydrogens is 304 g/mol. The summed E-state index contributed by atoms with van der Waals surface area (Å²) in [5.74, 6) is 3.15. The maximum Gasteiger partial charge on any atom is 0.0575 e. The lowest BCUT2D eigenvalue weighted by molar-refractivity contribution is 0.0134. The summed E-state index contributed by atoms with van der Waals surface area (Å²) < 4.78 is 5.83. The first-order valence-corrected chi connectivity index (χ1v) is 11.9. The third-order valence-corrected chi connectivity index (χ3v) is 7.15. The van der Waals surface area contributed by atoms with Crippen molar-refractivity contribution in [1.82, 2.24) is 0 Å². The molecule has 25 heavy (non-hydrogen) atoms. The highest BCUT2D eigenvalue weighted by Gasteiger charge is 2.30. The number of hydrogen-bond donors (Lipinski definition) is 0. The molecule has 2 aliphatic rings. The van der Waals surface area contributed by atoms with Crippen molar-refractivity contribution in [2.45, 2.75) is 129 Å². The lowest BCUT2D eigenvalue weighted by atomic mass is 9.70. The summed E-state index contributed by atoms with van der Waals surface area (Å²) >= 11 is 0. The van der Waals surface area contributed by atoms with Crippen molar-refractivity contribution in [1.29, 1.82) is 0 Å². The summed E-state index contributed by atoms with van der Waals surface area (Å²) in [4.78, 5) is 0. The fourth-order valence-electron chi connectivity index (χ4n) is 5.48. The standard InChI is InChI=1S/C24H46O/c1-3-5-6-7-8-9-10-11-12-21-13-15-22(16-14-21)23-17-19-24(20-18-23)25-4-2/h21-24H,3-20H2,1-2H3/t21-,22-,23-,24-. The van der Waals surface area contributed by atoms with E-state index in [-0.39, 0.29) is 0 Å². The van der Waals surface area contributed by atoms with Crippen LogP contribution in [0.5, 0.6) is 0 Å². The van der Waals surface area contributed by atoms with Crippen LogP contribution in [-0.2, 0) is 4.74 Å². The highest BCUT2D eigenvalue weighted by Crippen LogP contribution is 2.41. The maximum absolute atomic E-state index is 5.83. The van der Waals surface area contributed by atoms with Gasteiger partial charge < -0.3 is 4.74 Å². The van der Waals surface area contributed by atoms with E-state index in [1.54, 1.807) is 0 Å². The normalized spacial score (nSPS) is 30.5. The second kappa shape index (κ2) is 13.2. The van der Waals surface area contributed by atoms with Crippen LogP contribution in [0.4, 0.5) is 0 Å². The van der Waals surface area contributed by atoms with Crippen molar-refractivity contribution in [2.75, 3.05) is 6.61 Å². The minimum absolute atomic E-state index is 0.583. The lowest BCUT2D eigenvalue weighted by Crippen LogP contribution is -2.28. The summed E-state index contributed by atoms with van der Waals surface area (Å²) in [6, 6.07) is 0. The van der Waals surface area contributed by atoms with Crippen LogP contribution in [0.2, 0.25) is 0 Å². The largest absolute Gasteiger partial charge is 0.379 e. The van der Waals surface area contributed by atoms with Gasteiger partial charge in [0, 0.05) is 6.61 Å². The Balaban J connectivity index is 1.46. The van der Waals surface area contributed by atoms with Gasteiger partial charge in [-0.25, -0.2) is 0 Å². The Labute approximate surface area is 158 Å². The van der Waals surface area contributed by atoms with Crippen LogP contribution in [0.25, 0.3) is 0 Å². The molecule has 2 rings (SSSR count). The van der Waals surface area contributed by atoms with Gasteiger partial charge in [-0.1, -0.05) is 77.6 Å². The van der Waals surface area contributed by atoms with Gasteiger partial charge in [-0.15, -0.1) is 0 Å². The van der Waals surface area contributed by atoms with Crippen molar-refractivity contribution >= 4 is 0 Å². The first kappa shape index (κ1) is 21.3. The highest BCUT2D eigenvalue weighted by atomic mass is 16.5. The summed E-state index contributed by atoms with van der Waals surface area (Å²) in [5.41, 5.74) is 0. The van der Waals surface area contributed by atoms with Gasteiger partial charge in [0.2, 0.25) is 0 Å². The zero-order chi connectivity index (χ0) is 17.7. The first-order valence-electron chi connectivity index (χ1n) is 11.9. The van der Waals surface area contributed by atoms with Gasteiger partial charge in [-0.05, 0) is 63.2 Å². The van der Waals surface area contributed by atoms with E-state index in [1.165, 1.54) is 109 Å². The molecule has 0 aliphatic heterocycles. The molecule has 2 saturated carbocycles. The smallest absolute Gasteiger partial charge is 0.0575 e. The molecule has 0 aromatic rings. The van der Waals surface area contributed by atoms with Gasteiger partial charge in [0.15, 0.2) is 0 Å². The SMILES string of the molecule is CCCCCCCCCC[C@H]1CC[C@H]([C@H]2CC[C@H](OCC)CC2)CC1. The van der Waals surface area contributed by atoms with Crippen molar-refractivity contribution in [3.05, 3.63) is 0 Å². The average molecular weight is 351 g/mol. The van der Waals surface area contributed by atoms with E-state index < -0.39 is 0 Å². The zero-order valence-corrected chi connectivity index (χ0v) is 17.4. The number of ether oxygens (including phenoxy) is 1. The Morgan fingerprint density at radius 3 is 1.68 bits per heavy atom. The van der Waals surface area contributed by atoms with Crippen LogP contribution >= 0.6 is 0 Å².